The number of carbonyl (C=O) groups is 1. The molecule has 0 radical (unpaired) electrons. The van der Waals surface area contributed by atoms with Crippen molar-refractivity contribution in [3.05, 3.63) is 60.1 Å². The fraction of sp³-hybridized carbons (Fsp3) is 0.389. The maximum Gasteiger partial charge on any atom is 0.225 e. The van der Waals surface area contributed by atoms with Crippen LogP contribution in [0.5, 0.6) is 0 Å². The number of aliphatic hydroxyl groups excluding tert-OH is 1. The molecule has 0 saturated heterocycles. The molecule has 6 nitrogen and oxygen atoms in total. The van der Waals surface area contributed by atoms with Crippen LogP contribution in [0, 0.1) is 0 Å². The molecule has 0 saturated carbocycles. The molecule has 3 N–H and O–H groups in total. The van der Waals surface area contributed by atoms with Crippen molar-refractivity contribution in [3.8, 4) is 0 Å². The molecule has 2 rings (SSSR count). The standard InChI is InChI=1S/C18H24N2O4/c1-23-15(11-19)10-18(22)20(12-14-6-3-2-4-7-14)13-16(21)17-8-5-9-24-17/h2-9,15-16,21H,10-13,19H2,1H3. The number of ether oxygens (including phenoxy) is 1. The van der Waals surface area contributed by atoms with E-state index in [9.17, 15) is 9.90 Å². The zero-order chi connectivity index (χ0) is 17.4. The number of methoxy groups -OCH3 is 1. The first kappa shape index (κ1) is 18.2. The first-order chi connectivity index (χ1) is 11.6. The maximum absolute atomic E-state index is 12.6. The summed E-state index contributed by atoms with van der Waals surface area (Å²) in [6, 6.07) is 13.0. The molecule has 0 bridgehead atoms. The van der Waals surface area contributed by atoms with Gasteiger partial charge in [0, 0.05) is 20.2 Å². The minimum atomic E-state index is -0.883. The second-order valence-corrected chi connectivity index (χ2v) is 5.59. The highest BCUT2D eigenvalue weighted by Crippen LogP contribution is 2.17. The van der Waals surface area contributed by atoms with Crippen molar-refractivity contribution in [1.82, 2.24) is 4.90 Å². The Kier molecular flexibility index (Phi) is 6.99. The second kappa shape index (κ2) is 9.22. The van der Waals surface area contributed by atoms with Crippen molar-refractivity contribution >= 4 is 5.91 Å². The van der Waals surface area contributed by atoms with Crippen molar-refractivity contribution in [3.63, 3.8) is 0 Å². The molecule has 130 valence electrons. The number of furan rings is 1. The Morgan fingerprint density at radius 1 is 1.29 bits per heavy atom. The van der Waals surface area contributed by atoms with E-state index in [0.717, 1.165) is 5.56 Å². The summed E-state index contributed by atoms with van der Waals surface area (Å²) in [7, 11) is 1.53. The van der Waals surface area contributed by atoms with E-state index >= 15 is 0 Å². The van der Waals surface area contributed by atoms with Crippen LogP contribution in [0.1, 0.15) is 23.8 Å². The van der Waals surface area contributed by atoms with Crippen molar-refractivity contribution in [2.45, 2.75) is 25.2 Å². The average Bonchev–Trinajstić information content (AvgIpc) is 3.14. The monoisotopic (exact) mass is 332 g/mol. The van der Waals surface area contributed by atoms with Gasteiger partial charge in [-0.2, -0.15) is 0 Å². The zero-order valence-corrected chi connectivity index (χ0v) is 13.8. The van der Waals surface area contributed by atoms with Crippen molar-refractivity contribution < 1.29 is 19.1 Å². The maximum atomic E-state index is 12.6. The minimum Gasteiger partial charge on any atom is -0.467 e. The Bertz CT molecular complexity index is 597. The van der Waals surface area contributed by atoms with Gasteiger partial charge in [-0.1, -0.05) is 30.3 Å². The molecule has 6 heteroatoms. The number of aliphatic hydroxyl groups is 1. The topological polar surface area (TPSA) is 88.9 Å². The third kappa shape index (κ3) is 5.19. The van der Waals surface area contributed by atoms with E-state index in [1.807, 2.05) is 30.3 Å². The van der Waals surface area contributed by atoms with Crippen LogP contribution in [0.2, 0.25) is 0 Å². The lowest BCUT2D eigenvalue weighted by Crippen LogP contribution is -2.38. The molecule has 0 aliphatic carbocycles. The third-order valence-electron chi connectivity index (χ3n) is 3.83. The second-order valence-electron chi connectivity index (χ2n) is 5.59. The lowest BCUT2D eigenvalue weighted by atomic mass is 10.1. The molecule has 24 heavy (non-hydrogen) atoms. The van der Waals surface area contributed by atoms with Crippen LogP contribution in [-0.4, -0.2) is 42.2 Å². The summed E-state index contributed by atoms with van der Waals surface area (Å²) in [4.78, 5) is 14.2. The lowest BCUT2D eigenvalue weighted by molar-refractivity contribution is -0.136. The van der Waals surface area contributed by atoms with Crippen LogP contribution in [-0.2, 0) is 16.1 Å². The molecule has 1 aromatic heterocycles. The van der Waals surface area contributed by atoms with Crippen LogP contribution in [0.4, 0.5) is 0 Å². The summed E-state index contributed by atoms with van der Waals surface area (Å²) in [6.45, 7) is 0.808. The predicted molar refractivity (Wildman–Crippen MR) is 90.0 cm³/mol. The molecule has 0 aliphatic rings. The molecule has 2 atom stereocenters. The highest BCUT2D eigenvalue weighted by atomic mass is 16.5. The fourth-order valence-electron chi connectivity index (χ4n) is 2.42. The summed E-state index contributed by atoms with van der Waals surface area (Å²) < 4.78 is 10.4. The lowest BCUT2D eigenvalue weighted by Gasteiger charge is -2.26. The summed E-state index contributed by atoms with van der Waals surface area (Å²) in [6.07, 6.45) is 0.449. The molecular formula is C18H24N2O4. The molecule has 0 aliphatic heterocycles. The van der Waals surface area contributed by atoms with Gasteiger partial charge in [-0.15, -0.1) is 0 Å². The molecular weight excluding hydrogens is 308 g/mol. The van der Waals surface area contributed by atoms with Crippen molar-refractivity contribution in [2.75, 3.05) is 20.2 Å². The van der Waals surface area contributed by atoms with Crippen LogP contribution in [0.3, 0.4) is 0 Å². The number of hydrogen-bond donors (Lipinski definition) is 2. The number of hydrogen-bond acceptors (Lipinski definition) is 5. The van der Waals surface area contributed by atoms with Gasteiger partial charge >= 0.3 is 0 Å². The molecule has 1 heterocycles. The molecule has 0 fully saturated rings. The number of rotatable bonds is 9. The van der Waals surface area contributed by atoms with E-state index in [0.29, 0.717) is 12.3 Å². The van der Waals surface area contributed by atoms with Crippen molar-refractivity contribution in [1.29, 1.82) is 0 Å². The van der Waals surface area contributed by atoms with Gasteiger partial charge in [0.25, 0.3) is 0 Å². The molecule has 0 spiro atoms. The molecule has 1 aromatic carbocycles. The first-order valence-electron chi connectivity index (χ1n) is 7.90. The normalized spacial score (nSPS) is 13.5. The SMILES string of the molecule is COC(CN)CC(=O)N(Cc1ccccc1)CC(O)c1ccco1. The fourth-order valence-corrected chi connectivity index (χ4v) is 2.42. The van der Waals surface area contributed by atoms with Gasteiger partial charge in [0.05, 0.1) is 25.3 Å². The van der Waals surface area contributed by atoms with Gasteiger partial charge in [-0.3, -0.25) is 4.79 Å². The molecule has 2 unspecified atom stereocenters. The number of benzene rings is 1. The molecule has 2 aromatic rings. The summed E-state index contributed by atoms with van der Waals surface area (Å²) in [5, 5.41) is 10.3. The minimum absolute atomic E-state index is 0.123. The predicted octanol–water partition coefficient (Wildman–Crippen LogP) is 1.71. The first-order valence-corrected chi connectivity index (χ1v) is 7.90. The summed E-state index contributed by atoms with van der Waals surface area (Å²) >= 11 is 0. The summed E-state index contributed by atoms with van der Waals surface area (Å²) in [5.41, 5.74) is 6.59. The Hall–Kier alpha value is -2.15. The third-order valence-corrected chi connectivity index (χ3v) is 3.83. The summed E-state index contributed by atoms with van der Waals surface area (Å²) in [5.74, 6) is 0.310. The van der Waals surface area contributed by atoms with E-state index < -0.39 is 6.10 Å². The van der Waals surface area contributed by atoms with Gasteiger partial charge in [-0.05, 0) is 17.7 Å². The van der Waals surface area contributed by atoms with Crippen LogP contribution >= 0.6 is 0 Å². The Balaban J connectivity index is 2.09. The van der Waals surface area contributed by atoms with Gasteiger partial charge in [0.15, 0.2) is 0 Å². The smallest absolute Gasteiger partial charge is 0.225 e. The van der Waals surface area contributed by atoms with Crippen LogP contribution in [0.25, 0.3) is 0 Å². The highest BCUT2D eigenvalue weighted by Gasteiger charge is 2.23. The number of amides is 1. The zero-order valence-electron chi connectivity index (χ0n) is 13.8. The number of carbonyl (C=O) groups excluding carboxylic acids is 1. The van der Waals surface area contributed by atoms with Crippen molar-refractivity contribution in [2.24, 2.45) is 5.73 Å². The number of nitrogens with two attached hydrogens (primary N) is 1. The van der Waals surface area contributed by atoms with Gasteiger partial charge in [0.2, 0.25) is 5.91 Å². The Labute approximate surface area is 141 Å². The Morgan fingerprint density at radius 2 is 2.04 bits per heavy atom. The van der Waals surface area contributed by atoms with E-state index in [2.05, 4.69) is 0 Å². The molecule has 1 amide bonds. The Morgan fingerprint density at radius 3 is 2.62 bits per heavy atom. The quantitative estimate of drug-likeness (QED) is 0.730. The van der Waals surface area contributed by atoms with E-state index in [4.69, 9.17) is 14.9 Å². The number of nitrogens with zero attached hydrogens (tertiary/aromatic N) is 1. The van der Waals surface area contributed by atoms with E-state index in [-0.39, 0.29) is 31.5 Å². The van der Waals surface area contributed by atoms with Gasteiger partial charge in [-0.25, -0.2) is 0 Å². The van der Waals surface area contributed by atoms with E-state index in [1.165, 1.54) is 13.4 Å². The largest absolute Gasteiger partial charge is 0.467 e. The van der Waals surface area contributed by atoms with Gasteiger partial charge < -0.3 is 24.9 Å². The van der Waals surface area contributed by atoms with Crippen LogP contribution in [0.15, 0.2) is 53.1 Å². The van der Waals surface area contributed by atoms with Crippen LogP contribution < -0.4 is 5.73 Å². The average molecular weight is 332 g/mol. The highest BCUT2D eigenvalue weighted by molar-refractivity contribution is 5.76. The van der Waals surface area contributed by atoms with Gasteiger partial charge in [0.1, 0.15) is 11.9 Å². The van der Waals surface area contributed by atoms with E-state index in [1.54, 1.807) is 17.0 Å².